The zero-order chi connectivity index (χ0) is 22.5. The van der Waals surface area contributed by atoms with Gasteiger partial charge in [0.2, 0.25) is 0 Å². The second kappa shape index (κ2) is 9.92. The smallest absolute Gasteiger partial charge is 0.274 e. The zero-order valence-corrected chi connectivity index (χ0v) is 18.8. The Morgan fingerprint density at radius 2 is 1.50 bits per heavy atom. The Morgan fingerprint density at radius 3 is 2.16 bits per heavy atom. The SMILES string of the molecule is CC(C)c1ccc(CN2CCN(C(=O)c3ccc(=O)n(Cc4ccccc4)n3)CC2)cc1. The van der Waals surface area contributed by atoms with Gasteiger partial charge in [-0.15, -0.1) is 0 Å². The highest BCUT2D eigenvalue weighted by molar-refractivity contribution is 5.92. The van der Waals surface area contributed by atoms with Crippen molar-refractivity contribution in [2.75, 3.05) is 26.2 Å². The quantitative estimate of drug-likeness (QED) is 0.602. The highest BCUT2D eigenvalue weighted by atomic mass is 16.2. The van der Waals surface area contributed by atoms with Gasteiger partial charge in [-0.25, -0.2) is 4.68 Å². The first-order chi connectivity index (χ1) is 15.5. The maximum atomic E-state index is 13.0. The number of nitrogens with zero attached hydrogens (tertiary/aromatic N) is 4. The van der Waals surface area contributed by atoms with Crippen LogP contribution in [0.25, 0.3) is 0 Å². The van der Waals surface area contributed by atoms with Gasteiger partial charge in [0.25, 0.3) is 11.5 Å². The number of piperazine rings is 1. The lowest BCUT2D eigenvalue weighted by molar-refractivity contribution is 0.0620. The Hall–Kier alpha value is -3.25. The molecule has 1 aliphatic rings. The van der Waals surface area contributed by atoms with Crippen LogP contribution in [0.2, 0.25) is 0 Å². The number of hydrogen-bond acceptors (Lipinski definition) is 4. The Kier molecular flexibility index (Phi) is 6.81. The van der Waals surface area contributed by atoms with Gasteiger partial charge in [-0.3, -0.25) is 14.5 Å². The fraction of sp³-hybridized carbons (Fsp3) is 0.346. The van der Waals surface area contributed by atoms with Crippen LogP contribution in [0.4, 0.5) is 0 Å². The first-order valence-electron chi connectivity index (χ1n) is 11.2. The molecule has 2 heterocycles. The zero-order valence-electron chi connectivity index (χ0n) is 18.8. The molecular formula is C26H30N4O2. The molecule has 0 spiro atoms. The summed E-state index contributed by atoms with van der Waals surface area (Å²) in [5.41, 5.74) is 3.73. The second-order valence-electron chi connectivity index (χ2n) is 8.66. The molecule has 0 N–H and O–H groups in total. The summed E-state index contributed by atoms with van der Waals surface area (Å²) >= 11 is 0. The topological polar surface area (TPSA) is 58.4 Å². The van der Waals surface area contributed by atoms with E-state index in [1.54, 1.807) is 0 Å². The maximum Gasteiger partial charge on any atom is 0.274 e. The predicted molar refractivity (Wildman–Crippen MR) is 126 cm³/mol. The van der Waals surface area contributed by atoms with Crippen LogP contribution in [-0.4, -0.2) is 51.7 Å². The molecule has 6 nitrogen and oxygen atoms in total. The summed E-state index contributed by atoms with van der Waals surface area (Å²) < 4.78 is 1.36. The largest absolute Gasteiger partial charge is 0.335 e. The van der Waals surface area contributed by atoms with E-state index >= 15 is 0 Å². The fourth-order valence-electron chi connectivity index (χ4n) is 3.97. The van der Waals surface area contributed by atoms with Crippen molar-refractivity contribution in [2.24, 2.45) is 0 Å². The Morgan fingerprint density at radius 1 is 0.844 bits per heavy atom. The molecule has 1 aromatic heterocycles. The Balaban J connectivity index is 1.36. The molecule has 1 amide bonds. The minimum atomic E-state index is -0.210. The van der Waals surface area contributed by atoms with Crippen LogP contribution in [0.3, 0.4) is 0 Å². The van der Waals surface area contributed by atoms with E-state index in [1.165, 1.54) is 27.9 Å². The van der Waals surface area contributed by atoms with Crippen LogP contribution in [0.15, 0.2) is 71.5 Å². The molecule has 0 atom stereocenters. The number of carbonyl (C=O) groups excluding carboxylic acids is 1. The molecule has 32 heavy (non-hydrogen) atoms. The standard InChI is InChI=1S/C26H30N4O2/c1-20(2)23-10-8-22(9-11-23)18-28-14-16-29(17-15-28)26(32)24-12-13-25(31)30(27-24)19-21-6-4-3-5-7-21/h3-13,20H,14-19H2,1-2H3. The number of benzene rings is 2. The van der Waals surface area contributed by atoms with Gasteiger partial charge in [0.05, 0.1) is 6.54 Å². The summed E-state index contributed by atoms with van der Waals surface area (Å²) in [6, 6.07) is 21.4. The molecule has 4 rings (SSSR count). The van der Waals surface area contributed by atoms with Crippen LogP contribution in [0, 0.1) is 0 Å². The molecule has 2 aromatic carbocycles. The van der Waals surface area contributed by atoms with Crippen LogP contribution in [0.5, 0.6) is 0 Å². The van der Waals surface area contributed by atoms with E-state index in [1.807, 2.05) is 35.2 Å². The van der Waals surface area contributed by atoms with Gasteiger partial charge in [-0.2, -0.15) is 5.10 Å². The van der Waals surface area contributed by atoms with E-state index in [9.17, 15) is 9.59 Å². The van der Waals surface area contributed by atoms with Crippen molar-refractivity contribution in [2.45, 2.75) is 32.9 Å². The van der Waals surface area contributed by atoms with Crippen LogP contribution in [0.1, 0.15) is 46.9 Å². The molecule has 1 aliphatic heterocycles. The number of carbonyl (C=O) groups is 1. The third-order valence-electron chi connectivity index (χ3n) is 5.97. The maximum absolute atomic E-state index is 13.0. The third kappa shape index (κ3) is 5.32. The average Bonchev–Trinajstić information content (AvgIpc) is 2.81. The molecule has 0 saturated carbocycles. The van der Waals surface area contributed by atoms with Crippen LogP contribution in [-0.2, 0) is 13.1 Å². The van der Waals surface area contributed by atoms with E-state index in [4.69, 9.17) is 0 Å². The molecule has 3 aromatic rings. The summed E-state index contributed by atoms with van der Waals surface area (Å²) in [5, 5.41) is 4.35. The summed E-state index contributed by atoms with van der Waals surface area (Å²) in [4.78, 5) is 29.4. The molecule has 0 aliphatic carbocycles. The molecule has 1 saturated heterocycles. The van der Waals surface area contributed by atoms with Gasteiger partial charge in [-0.1, -0.05) is 68.4 Å². The second-order valence-corrected chi connectivity index (χ2v) is 8.66. The highest BCUT2D eigenvalue weighted by Gasteiger charge is 2.23. The third-order valence-corrected chi connectivity index (χ3v) is 5.97. The van der Waals surface area contributed by atoms with Gasteiger partial charge in [0.15, 0.2) is 0 Å². The lowest BCUT2D eigenvalue weighted by Crippen LogP contribution is -2.48. The van der Waals surface area contributed by atoms with Gasteiger partial charge in [0, 0.05) is 38.8 Å². The fourth-order valence-corrected chi connectivity index (χ4v) is 3.97. The summed E-state index contributed by atoms with van der Waals surface area (Å²) in [5.74, 6) is 0.419. The van der Waals surface area contributed by atoms with E-state index in [0.29, 0.717) is 31.2 Å². The van der Waals surface area contributed by atoms with Crippen molar-refractivity contribution < 1.29 is 4.79 Å². The lowest BCUT2D eigenvalue weighted by atomic mass is 10.0. The van der Waals surface area contributed by atoms with E-state index < -0.39 is 0 Å². The average molecular weight is 431 g/mol. The molecular weight excluding hydrogens is 400 g/mol. The number of amides is 1. The van der Waals surface area contributed by atoms with Crippen molar-refractivity contribution >= 4 is 5.91 Å². The van der Waals surface area contributed by atoms with Gasteiger partial charge in [-0.05, 0) is 28.7 Å². The van der Waals surface area contributed by atoms with Crippen molar-refractivity contribution in [3.8, 4) is 0 Å². The van der Waals surface area contributed by atoms with Crippen LogP contribution >= 0.6 is 0 Å². The van der Waals surface area contributed by atoms with E-state index in [-0.39, 0.29) is 11.5 Å². The molecule has 0 unspecified atom stereocenters. The van der Waals surface area contributed by atoms with Crippen molar-refractivity contribution in [1.82, 2.24) is 19.6 Å². The summed E-state index contributed by atoms with van der Waals surface area (Å²) in [6.07, 6.45) is 0. The first kappa shape index (κ1) is 22.0. The molecule has 0 bridgehead atoms. The van der Waals surface area contributed by atoms with Crippen molar-refractivity contribution in [3.63, 3.8) is 0 Å². The van der Waals surface area contributed by atoms with E-state index in [0.717, 1.165) is 25.2 Å². The van der Waals surface area contributed by atoms with Gasteiger partial charge < -0.3 is 4.90 Å². The monoisotopic (exact) mass is 430 g/mol. The molecule has 1 fully saturated rings. The normalized spacial score (nSPS) is 14.7. The summed E-state index contributed by atoms with van der Waals surface area (Å²) in [6.45, 7) is 8.60. The minimum absolute atomic E-state index is 0.118. The lowest BCUT2D eigenvalue weighted by Gasteiger charge is -2.34. The molecule has 0 radical (unpaired) electrons. The molecule has 166 valence electrons. The van der Waals surface area contributed by atoms with Gasteiger partial charge in [0.1, 0.15) is 5.69 Å². The molecule has 6 heteroatoms. The number of hydrogen-bond donors (Lipinski definition) is 0. The minimum Gasteiger partial charge on any atom is -0.335 e. The first-order valence-corrected chi connectivity index (χ1v) is 11.2. The predicted octanol–water partition coefficient (Wildman–Crippen LogP) is 3.37. The Labute approximate surface area is 189 Å². The van der Waals surface area contributed by atoms with Crippen LogP contribution < -0.4 is 5.56 Å². The van der Waals surface area contributed by atoms with Crippen molar-refractivity contribution in [3.05, 3.63) is 99.5 Å². The van der Waals surface area contributed by atoms with Gasteiger partial charge >= 0.3 is 0 Å². The Bertz CT molecular complexity index is 1100. The number of rotatable bonds is 6. The van der Waals surface area contributed by atoms with E-state index in [2.05, 4.69) is 48.1 Å². The summed E-state index contributed by atoms with van der Waals surface area (Å²) in [7, 11) is 0. The van der Waals surface area contributed by atoms with Crippen molar-refractivity contribution in [1.29, 1.82) is 0 Å². The number of aromatic nitrogens is 2. The highest BCUT2D eigenvalue weighted by Crippen LogP contribution is 2.16.